The lowest BCUT2D eigenvalue weighted by Crippen LogP contribution is -2.47. The minimum absolute atomic E-state index is 0.0311. The quantitative estimate of drug-likeness (QED) is 0.713. The molecular formula is C14H26N2O2. The Hall–Kier alpha value is -0.900. The number of hydrogen-bond acceptors (Lipinski definition) is 3. The topological polar surface area (TPSA) is 49.4 Å². The summed E-state index contributed by atoms with van der Waals surface area (Å²) in [5.41, 5.74) is 0. The molecule has 0 aromatic rings. The van der Waals surface area contributed by atoms with E-state index in [1.165, 1.54) is 19.8 Å². The Morgan fingerprint density at radius 1 is 1.33 bits per heavy atom. The summed E-state index contributed by atoms with van der Waals surface area (Å²) in [7, 11) is 0. The highest BCUT2D eigenvalue weighted by Gasteiger charge is 2.26. The average Bonchev–Trinajstić information content (AvgIpc) is 3.08. The van der Waals surface area contributed by atoms with Crippen molar-refractivity contribution in [1.29, 1.82) is 0 Å². The molecule has 0 aliphatic heterocycles. The number of nitrogens with zero attached hydrogens (tertiary/aromatic N) is 1. The van der Waals surface area contributed by atoms with Crippen LogP contribution in [0.1, 0.15) is 40.5 Å². The van der Waals surface area contributed by atoms with Gasteiger partial charge in [0.2, 0.25) is 5.91 Å². The molecule has 1 saturated carbocycles. The standard InChI is InChI=1S/C14H26N2O2/c1-5-16(8-12-6-7-12)9-13(18)15-14(10(2)3)11(4)17/h10,12,14H,5-9H2,1-4H3,(H,15,18). The maximum atomic E-state index is 11.9. The highest BCUT2D eigenvalue weighted by Crippen LogP contribution is 2.29. The smallest absolute Gasteiger partial charge is 0.234 e. The number of carbonyl (C=O) groups is 2. The van der Waals surface area contributed by atoms with E-state index in [1.54, 1.807) is 0 Å². The highest BCUT2D eigenvalue weighted by atomic mass is 16.2. The van der Waals surface area contributed by atoms with Gasteiger partial charge in [-0.1, -0.05) is 20.8 Å². The Morgan fingerprint density at radius 2 is 1.94 bits per heavy atom. The largest absolute Gasteiger partial charge is 0.345 e. The first-order valence-corrected chi connectivity index (χ1v) is 6.96. The molecular weight excluding hydrogens is 228 g/mol. The van der Waals surface area contributed by atoms with Crippen LogP contribution in [0.15, 0.2) is 0 Å². The molecule has 18 heavy (non-hydrogen) atoms. The van der Waals surface area contributed by atoms with E-state index < -0.39 is 0 Å². The number of rotatable bonds is 8. The molecule has 1 aliphatic carbocycles. The molecule has 1 N–H and O–H groups in total. The molecule has 1 fully saturated rings. The van der Waals surface area contributed by atoms with E-state index in [-0.39, 0.29) is 23.7 Å². The van der Waals surface area contributed by atoms with Crippen molar-refractivity contribution in [3.05, 3.63) is 0 Å². The van der Waals surface area contributed by atoms with Crippen LogP contribution < -0.4 is 5.32 Å². The first kappa shape index (κ1) is 15.2. The molecule has 0 aromatic heterocycles. The van der Waals surface area contributed by atoms with Crippen molar-refractivity contribution < 1.29 is 9.59 Å². The molecule has 4 heteroatoms. The SMILES string of the molecule is CCN(CC(=O)NC(C(C)=O)C(C)C)CC1CC1. The van der Waals surface area contributed by atoms with E-state index in [2.05, 4.69) is 17.1 Å². The second-order valence-electron chi connectivity index (χ2n) is 5.67. The third-order valence-corrected chi connectivity index (χ3v) is 3.45. The maximum Gasteiger partial charge on any atom is 0.234 e. The molecule has 1 unspecified atom stereocenters. The van der Waals surface area contributed by atoms with Crippen LogP contribution in [0.5, 0.6) is 0 Å². The minimum atomic E-state index is -0.350. The number of hydrogen-bond donors (Lipinski definition) is 1. The van der Waals surface area contributed by atoms with E-state index in [9.17, 15) is 9.59 Å². The fourth-order valence-corrected chi connectivity index (χ4v) is 2.13. The second-order valence-corrected chi connectivity index (χ2v) is 5.67. The summed E-state index contributed by atoms with van der Waals surface area (Å²) in [5, 5.41) is 2.84. The molecule has 1 atom stereocenters. The lowest BCUT2D eigenvalue weighted by atomic mass is 10.0. The Balaban J connectivity index is 2.39. The van der Waals surface area contributed by atoms with E-state index in [0.29, 0.717) is 6.54 Å². The molecule has 1 aliphatic rings. The molecule has 0 bridgehead atoms. The van der Waals surface area contributed by atoms with Gasteiger partial charge in [0.05, 0.1) is 12.6 Å². The fraction of sp³-hybridized carbons (Fsp3) is 0.857. The van der Waals surface area contributed by atoms with Gasteiger partial charge in [0.15, 0.2) is 5.78 Å². The number of Topliss-reactive ketones (excluding diaryl/α,β-unsaturated/α-hetero) is 1. The molecule has 0 radical (unpaired) electrons. The molecule has 4 nitrogen and oxygen atoms in total. The Kier molecular flexibility index (Phi) is 5.79. The molecule has 0 spiro atoms. The van der Waals surface area contributed by atoms with Gasteiger partial charge in [-0.3, -0.25) is 14.5 Å². The average molecular weight is 254 g/mol. The van der Waals surface area contributed by atoms with Crippen LogP contribution in [-0.4, -0.2) is 42.3 Å². The third-order valence-electron chi connectivity index (χ3n) is 3.45. The molecule has 0 heterocycles. The van der Waals surface area contributed by atoms with Gasteiger partial charge >= 0.3 is 0 Å². The monoisotopic (exact) mass is 254 g/mol. The Bertz CT molecular complexity index is 298. The third kappa shape index (κ3) is 5.17. The molecule has 104 valence electrons. The van der Waals surface area contributed by atoms with Gasteiger partial charge in [-0.05, 0) is 38.1 Å². The lowest BCUT2D eigenvalue weighted by molar-refractivity contribution is -0.128. The second kappa shape index (κ2) is 6.88. The predicted molar refractivity (Wildman–Crippen MR) is 72.3 cm³/mol. The summed E-state index contributed by atoms with van der Waals surface area (Å²) < 4.78 is 0. The van der Waals surface area contributed by atoms with E-state index in [0.717, 1.165) is 19.0 Å². The Labute approximate surface area is 110 Å². The lowest BCUT2D eigenvalue weighted by Gasteiger charge is -2.23. The first-order valence-electron chi connectivity index (χ1n) is 6.96. The zero-order valence-electron chi connectivity index (χ0n) is 12.0. The Morgan fingerprint density at radius 3 is 2.33 bits per heavy atom. The minimum Gasteiger partial charge on any atom is -0.345 e. The van der Waals surface area contributed by atoms with Crippen LogP contribution in [0.4, 0.5) is 0 Å². The summed E-state index contributed by atoms with van der Waals surface area (Å²) in [6.07, 6.45) is 2.58. The van der Waals surface area contributed by atoms with Crippen LogP contribution in [0.25, 0.3) is 0 Å². The van der Waals surface area contributed by atoms with Gasteiger partial charge in [0.25, 0.3) is 0 Å². The van der Waals surface area contributed by atoms with Crippen molar-refractivity contribution in [2.24, 2.45) is 11.8 Å². The van der Waals surface area contributed by atoms with Crippen molar-refractivity contribution in [1.82, 2.24) is 10.2 Å². The molecule has 0 saturated heterocycles. The van der Waals surface area contributed by atoms with Gasteiger partial charge in [0.1, 0.15) is 0 Å². The molecule has 1 rings (SSSR count). The number of likely N-dealkylation sites (N-methyl/N-ethyl adjacent to an activating group) is 1. The first-order chi connectivity index (χ1) is 8.43. The maximum absolute atomic E-state index is 11.9. The van der Waals surface area contributed by atoms with E-state index in [4.69, 9.17) is 0 Å². The summed E-state index contributed by atoms with van der Waals surface area (Å²) in [6, 6.07) is -0.350. The van der Waals surface area contributed by atoms with Crippen LogP contribution in [0.3, 0.4) is 0 Å². The van der Waals surface area contributed by atoms with Crippen molar-refractivity contribution in [3.8, 4) is 0 Å². The van der Waals surface area contributed by atoms with Crippen LogP contribution in [-0.2, 0) is 9.59 Å². The predicted octanol–water partition coefficient (Wildman–Crippen LogP) is 1.45. The van der Waals surface area contributed by atoms with Crippen molar-refractivity contribution in [2.75, 3.05) is 19.6 Å². The van der Waals surface area contributed by atoms with Gasteiger partial charge in [-0.25, -0.2) is 0 Å². The number of ketones is 1. The van der Waals surface area contributed by atoms with E-state index in [1.807, 2.05) is 13.8 Å². The van der Waals surface area contributed by atoms with Crippen LogP contribution in [0.2, 0.25) is 0 Å². The van der Waals surface area contributed by atoms with Crippen molar-refractivity contribution >= 4 is 11.7 Å². The number of amides is 1. The molecule has 1 amide bonds. The van der Waals surface area contributed by atoms with Gasteiger partial charge in [0, 0.05) is 6.54 Å². The zero-order valence-corrected chi connectivity index (χ0v) is 12.0. The van der Waals surface area contributed by atoms with Crippen LogP contribution in [0, 0.1) is 11.8 Å². The number of nitrogens with one attached hydrogen (secondary N) is 1. The molecule has 0 aromatic carbocycles. The van der Waals surface area contributed by atoms with Crippen molar-refractivity contribution in [3.63, 3.8) is 0 Å². The van der Waals surface area contributed by atoms with Crippen LogP contribution >= 0.6 is 0 Å². The zero-order chi connectivity index (χ0) is 13.7. The summed E-state index contributed by atoms with van der Waals surface area (Å²) >= 11 is 0. The summed E-state index contributed by atoms with van der Waals surface area (Å²) in [6.45, 7) is 9.81. The van der Waals surface area contributed by atoms with Gasteiger partial charge in [-0.2, -0.15) is 0 Å². The summed E-state index contributed by atoms with van der Waals surface area (Å²) in [5.74, 6) is 0.923. The fourth-order valence-electron chi connectivity index (χ4n) is 2.13. The van der Waals surface area contributed by atoms with Crippen molar-refractivity contribution in [2.45, 2.75) is 46.6 Å². The van der Waals surface area contributed by atoms with E-state index >= 15 is 0 Å². The summed E-state index contributed by atoms with van der Waals surface area (Å²) in [4.78, 5) is 25.5. The van der Waals surface area contributed by atoms with Gasteiger partial charge < -0.3 is 5.32 Å². The normalized spacial score (nSPS) is 17.0. The number of carbonyl (C=O) groups excluding carboxylic acids is 2. The van der Waals surface area contributed by atoms with Gasteiger partial charge in [-0.15, -0.1) is 0 Å². The highest BCUT2D eigenvalue weighted by molar-refractivity contribution is 5.88.